The minimum absolute atomic E-state index is 0.154. The zero-order chi connectivity index (χ0) is 30.2. The molecule has 3 aromatic rings. The van der Waals surface area contributed by atoms with Gasteiger partial charge in [-0.2, -0.15) is 9.97 Å². The first-order valence-corrected chi connectivity index (χ1v) is 15.5. The molecular formula is C31H45N9O3. The van der Waals surface area contributed by atoms with Crippen LogP contribution >= 0.6 is 0 Å². The maximum absolute atomic E-state index is 11.6. The highest BCUT2D eigenvalue weighted by Crippen LogP contribution is 2.35. The summed E-state index contributed by atoms with van der Waals surface area (Å²) in [5.74, 6) is 2.59. The molecule has 2 amide bonds. The zero-order valence-electron chi connectivity index (χ0n) is 25.6. The Labute approximate surface area is 253 Å². The Morgan fingerprint density at radius 1 is 1.02 bits per heavy atom. The van der Waals surface area contributed by atoms with Gasteiger partial charge in [-0.15, -0.1) is 0 Å². The van der Waals surface area contributed by atoms with Crippen LogP contribution in [0.25, 0.3) is 11.2 Å². The van der Waals surface area contributed by atoms with Crippen molar-refractivity contribution in [2.24, 2.45) is 0 Å². The number of ether oxygens (including phenoxy) is 1. The lowest BCUT2D eigenvalue weighted by Gasteiger charge is -2.31. The van der Waals surface area contributed by atoms with Gasteiger partial charge >= 0.3 is 0 Å². The number of aromatic nitrogens is 4. The van der Waals surface area contributed by atoms with Crippen LogP contribution in [0.3, 0.4) is 0 Å². The number of nitrogens with one attached hydrogen (secondary N) is 3. The molecule has 6 rings (SSSR count). The lowest BCUT2D eigenvalue weighted by Crippen LogP contribution is -2.43. The largest absolute Gasteiger partial charge is 0.495 e. The molecule has 12 nitrogen and oxygen atoms in total. The number of H-pyrrole nitrogens is 1. The lowest BCUT2D eigenvalue weighted by molar-refractivity contribution is -0.129. The minimum Gasteiger partial charge on any atom is -0.495 e. The number of rotatable bonds is 7. The average Bonchev–Trinajstić information content (AvgIpc) is 3.52. The number of hydrogen-bond acceptors (Lipinski definition) is 9. The number of carbonyl (C=O) groups is 2. The van der Waals surface area contributed by atoms with Gasteiger partial charge in [-0.1, -0.05) is 25.3 Å². The minimum atomic E-state index is 0.154. The summed E-state index contributed by atoms with van der Waals surface area (Å²) < 4.78 is 5.71. The fourth-order valence-electron chi connectivity index (χ4n) is 6.07. The standard InChI is InChI=1S/C25H33N7O2.C6H12N2O/c1-16(33)32-12-10-17(11-13-32)18-8-9-20(21(14-18)34-2)29-25-30-23-22(26-15-27-23)24(31-25)28-19-6-4-3-5-7-19;1-7-2-4-8(6-9)5-3-7/h8-9,14-15,17,19H,3-7,10-13H2,1-2H3,(H3,26,27,28,29,30,31);6H,2-5H2,1H3. The molecule has 0 atom stereocenters. The van der Waals surface area contributed by atoms with Gasteiger partial charge in [-0.25, -0.2) is 4.98 Å². The number of benzene rings is 1. The Balaban J connectivity index is 0.000000351. The Morgan fingerprint density at radius 3 is 2.44 bits per heavy atom. The van der Waals surface area contributed by atoms with Crippen LogP contribution in [0.1, 0.15) is 63.4 Å². The van der Waals surface area contributed by atoms with Crippen LogP contribution in [0.2, 0.25) is 0 Å². The number of aromatic amines is 1. The van der Waals surface area contributed by atoms with Crippen molar-refractivity contribution >= 4 is 40.9 Å². The highest BCUT2D eigenvalue weighted by atomic mass is 16.5. The topological polar surface area (TPSA) is 132 Å². The molecule has 0 bridgehead atoms. The molecule has 1 aliphatic carbocycles. The van der Waals surface area contributed by atoms with Crippen molar-refractivity contribution in [1.82, 2.24) is 34.6 Å². The lowest BCUT2D eigenvalue weighted by atomic mass is 9.89. The third-order valence-corrected chi connectivity index (χ3v) is 8.80. The van der Waals surface area contributed by atoms with Gasteiger partial charge in [0.25, 0.3) is 0 Å². The van der Waals surface area contributed by atoms with E-state index >= 15 is 0 Å². The van der Waals surface area contributed by atoms with Crippen molar-refractivity contribution in [2.45, 2.75) is 63.8 Å². The first-order valence-electron chi connectivity index (χ1n) is 15.5. The molecule has 2 aliphatic heterocycles. The van der Waals surface area contributed by atoms with Gasteiger partial charge in [0.05, 0.1) is 19.1 Å². The third kappa shape index (κ3) is 7.92. The molecule has 1 saturated carbocycles. The van der Waals surface area contributed by atoms with E-state index in [0.29, 0.717) is 23.6 Å². The Kier molecular flexibility index (Phi) is 10.3. The van der Waals surface area contributed by atoms with E-state index in [1.54, 1.807) is 25.3 Å². The molecule has 43 heavy (non-hydrogen) atoms. The Hall–Kier alpha value is -3.93. The molecule has 2 saturated heterocycles. The SMILES string of the molecule is CN1CCN(C=O)CC1.COc1cc(C2CCN(C(C)=O)CC2)ccc1Nc1nc(NC2CCCCC2)c2[nH]cnc2n1. The van der Waals surface area contributed by atoms with E-state index in [1.165, 1.54) is 24.8 Å². The predicted molar refractivity (Wildman–Crippen MR) is 168 cm³/mol. The number of piperidine rings is 1. The Bertz CT molecular complexity index is 1360. The second kappa shape index (κ2) is 14.5. The molecule has 2 aromatic heterocycles. The molecule has 1 aromatic carbocycles. The highest BCUT2D eigenvalue weighted by Gasteiger charge is 2.23. The molecule has 3 N–H and O–H groups in total. The predicted octanol–water partition coefficient (Wildman–Crippen LogP) is 3.97. The number of carbonyl (C=O) groups excluding carboxylic acids is 2. The van der Waals surface area contributed by atoms with Crippen LogP contribution in [0.15, 0.2) is 24.5 Å². The van der Waals surface area contributed by atoms with E-state index < -0.39 is 0 Å². The summed E-state index contributed by atoms with van der Waals surface area (Å²) in [6.45, 7) is 7.05. The van der Waals surface area contributed by atoms with Crippen LogP contribution in [0, 0.1) is 0 Å². The number of likely N-dealkylation sites (N-methyl/N-ethyl adjacent to an activating group) is 1. The summed E-state index contributed by atoms with van der Waals surface area (Å²) in [6.07, 6.45) is 10.6. The first-order chi connectivity index (χ1) is 20.9. The molecule has 0 radical (unpaired) electrons. The van der Waals surface area contributed by atoms with Crippen LogP contribution in [0.4, 0.5) is 17.5 Å². The summed E-state index contributed by atoms with van der Waals surface area (Å²) in [5, 5.41) is 6.95. The molecule has 4 heterocycles. The van der Waals surface area contributed by atoms with Gasteiger partial charge in [0.2, 0.25) is 18.3 Å². The maximum Gasteiger partial charge on any atom is 0.231 e. The van der Waals surface area contributed by atoms with E-state index in [1.807, 2.05) is 11.0 Å². The van der Waals surface area contributed by atoms with E-state index in [2.05, 4.69) is 49.7 Å². The molecule has 232 valence electrons. The summed E-state index contributed by atoms with van der Waals surface area (Å²) in [7, 11) is 3.75. The average molecular weight is 592 g/mol. The first kappa shape index (κ1) is 30.5. The summed E-state index contributed by atoms with van der Waals surface area (Å²) in [4.78, 5) is 44.7. The molecule has 0 spiro atoms. The van der Waals surface area contributed by atoms with Gasteiger partial charge in [-0.3, -0.25) is 9.59 Å². The van der Waals surface area contributed by atoms with E-state index in [9.17, 15) is 9.59 Å². The van der Waals surface area contributed by atoms with Crippen molar-refractivity contribution < 1.29 is 14.3 Å². The number of amides is 2. The number of hydrogen-bond donors (Lipinski definition) is 3. The number of methoxy groups -OCH3 is 1. The molecule has 3 fully saturated rings. The molecule has 0 unspecified atom stereocenters. The second-order valence-corrected chi connectivity index (χ2v) is 11.8. The summed E-state index contributed by atoms with van der Waals surface area (Å²) in [5.41, 5.74) is 3.50. The van der Waals surface area contributed by atoms with Crippen molar-refractivity contribution in [3.8, 4) is 5.75 Å². The number of anilines is 3. The van der Waals surface area contributed by atoms with Gasteiger partial charge in [-0.05, 0) is 56.3 Å². The number of nitrogens with zero attached hydrogens (tertiary/aromatic N) is 6. The number of likely N-dealkylation sites (tertiary alicyclic amines) is 1. The van der Waals surface area contributed by atoms with Gasteiger partial charge in [0, 0.05) is 52.2 Å². The van der Waals surface area contributed by atoms with Gasteiger partial charge in [0.1, 0.15) is 11.3 Å². The molecular weight excluding hydrogens is 546 g/mol. The van der Waals surface area contributed by atoms with Crippen molar-refractivity contribution in [2.75, 3.05) is 64.1 Å². The van der Waals surface area contributed by atoms with Crippen molar-refractivity contribution in [3.05, 3.63) is 30.1 Å². The van der Waals surface area contributed by atoms with E-state index in [0.717, 1.165) is 94.1 Å². The maximum atomic E-state index is 11.6. The van der Waals surface area contributed by atoms with Gasteiger partial charge < -0.3 is 35.1 Å². The van der Waals surface area contributed by atoms with Crippen molar-refractivity contribution in [3.63, 3.8) is 0 Å². The van der Waals surface area contributed by atoms with E-state index in [-0.39, 0.29) is 5.91 Å². The summed E-state index contributed by atoms with van der Waals surface area (Å²) in [6, 6.07) is 6.67. The summed E-state index contributed by atoms with van der Waals surface area (Å²) >= 11 is 0. The van der Waals surface area contributed by atoms with Crippen LogP contribution in [-0.2, 0) is 9.59 Å². The highest BCUT2D eigenvalue weighted by molar-refractivity contribution is 5.84. The quantitative estimate of drug-likeness (QED) is 0.349. The number of fused-ring (bicyclic) bond motifs is 1. The fraction of sp³-hybridized carbons (Fsp3) is 0.581. The monoisotopic (exact) mass is 591 g/mol. The third-order valence-electron chi connectivity index (χ3n) is 8.80. The Morgan fingerprint density at radius 2 is 1.77 bits per heavy atom. The van der Waals surface area contributed by atoms with Crippen LogP contribution in [0.5, 0.6) is 5.75 Å². The number of piperazine rings is 1. The number of imidazole rings is 1. The van der Waals surface area contributed by atoms with Crippen molar-refractivity contribution in [1.29, 1.82) is 0 Å². The van der Waals surface area contributed by atoms with Crippen LogP contribution < -0.4 is 15.4 Å². The van der Waals surface area contributed by atoms with Crippen LogP contribution in [-0.4, -0.2) is 106 Å². The zero-order valence-corrected chi connectivity index (χ0v) is 25.6. The van der Waals surface area contributed by atoms with E-state index in [4.69, 9.17) is 9.72 Å². The van der Waals surface area contributed by atoms with Gasteiger partial charge in [0.15, 0.2) is 11.5 Å². The second-order valence-electron chi connectivity index (χ2n) is 11.8. The fourth-order valence-corrected chi connectivity index (χ4v) is 6.07. The molecule has 12 heteroatoms. The normalized spacial score (nSPS) is 18.6. The molecule has 3 aliphatic rings. The smallest absolute Gasteiger partial charge is 0.231 e.